The van der Waals surface area contributed by atoms with Crippen LogP contribution >= 0.6 is 0 Å². The molecule has 0 saturated heterocycles. The van der Waals surface area contributed by atoms with Crippen LogP contribution in [0, 0.1) is 10.1 Å². The molecule has 1 aromatic carbocycles. The lowest BCUT2D eigenvalue weighted by Gasteiger charge is -2.19. The largest absolute Gasteiger partial charge is 0.486 e. The number of aromatic nitrogens is 1. The van der Waals surface area contributed by atoms with Crippen molar-refractivity contribution in [2.24, 2.45) is 0 Å². The quantitative estimate of drug-likeness (QED) is 0.686. The van der Waals surface area contributed by atoms with Gasteiger partial charge in [0.15, 0.2) is 11.5 Å². The summed E-state index contributed by atoms with van der Waals surface area (Å²) in [6.07, 6.45) is 1.51. The van der Waals surface area contributed by atoms with Gasteiger partial charge in [0.05, 0.1) is 4.92 Å². The van der Waals surface area contributed by atoms with Crippen LogP contribution in [0.2, 0.25) is 0 Å². The molecular formula is C14H13N3O4. The molecule has 0 amide bonds. The Kier molecular flexibility index (Phi) is 3.55. The van der Waals surface area contributed by atoms with Crippen molar-refractivity contribution in [1.82, 2.24) is 4.98 Å². The van der Waals surface area contributed by atoms with Crippen LogP contribution in [0.5, 0.6) is 11.5 Å². The van der Waals surface area contributed by atoms with Gasteiger partial charge in [0.1, 0.15) is 13.2 Å². The van der Waals surface area contributed by atoms with E-state index >= 15 is 0 Å². The van der Waals surface area contributed by atoms with Gasteiger partial charge in [0.25, 0.3) is 0 Å². The van der Waals surface area contributed by atoms with Crippen LogP contribution in [0.4, 0.5) is 11.5 Å². The number of nitrogens with zero attached hydrogens (tertiary/aromatic N) is 2. The van der Waals surface area contributed by atoms with Gasteiger partial charge in [-0.25, -0.2) is 4.98 Å². The lowest BCUT2D eigenvalue weighted by molar-refractivity contribution is -0.384. The molecule has 0 aliphatic carbocycles. The molecule has 0 bridgehead atoms. The van der Waals surface area contributed by atoms with Crippen LogP contribution in [-0.2, 0) is 6.54 Å². The minimum absolute atomic E-state index is 0.0463. The monoisotopic (exact) mass is 287 g/mol. The predicted octanol–water partition coefficient (Wildman–Crippen LogP) is 2.37. The highest BCUT2D eigenvalue weighted by Crippen LogP contribution is 2.31. The van der Waals surface area contributed by atoms with Crippen molar-refractivity contribution in [2.45, 2.75) is 6.54 Å². The zero-order chi connectivity index (χ0) is 14.7. The topological polar surface area (TPSA) is 86.5 Å². The summed E-state index contributed by atoms with van der Waals surface area (Å²) in [4.78, 5) is 14.4. The highest BCUT2D eigenvalue weighted by Gasteiger charge is 2.15. The summed E-state index contributed by atoms with van der Waals surface area (Å²) in [7, 11) is 0. The molecule has 1 aliphatic heterocycles. The summed E-state index contributed by atoms with van der Waals surface area (Å²) < 4.78 is 10.9. The van der Waals surface area contributed by atoms with E-state index in [1.54, 1.807) is 0 Å². The number of pyridine rings is 1. The molecule has 0 saturated carbocycles. The van der Waals surface area contributed by atoms with Crippen LogP contribution in [0.15, 0.2) is 36.5 Å². The SMILES string of the molecule is O=[N+]([O-])c1cccnc1NCc1ccc2c(c1)OCCO2. The van der Waals surface area contributed by atoms with Gasteiger partial charge in [-0.2, -0.15) is 0 Å². The van der Waals surface area contributed by atoms with Gasteiger partial charge in [-0.15, -0.1) is 0 Å². The maximum Gasteiger partial charge on any atom is 0.311 e. The number of rotatable bonds is 4. The summed E-state index contributed by atoms with van der Waals surface area (Å²) >= 11 is 0. The molecule has 0 spiro atoms. The van der Waals surface area contributed by atoms with Crippen LogP contribution in [-0.4, -0.2) is 23.1 Å². The van der Waals surface area contributed by atoms with Gasteiger partial charge in [0, 0.05) is 18.8 Å². The third kappa shape index (κ3) is 2.86. The van der Waals surface area contributed by atoms with Crippen LogP contribution in [0.3, 0.4) is 0 Å². The lowest BCUT2D eigenvalue weighted by atomic mass is 10.2. The van der Waals surface area contributed by atoms with Gasteiger partial charge in [-0.05, 0) is 23.8 Å². The van der Waals surface area contributed by atoms with Crippen molar-refractivity contribution >= 4 is 11.5 Å². The van der Waals surface area contributed by atoms with E-state index in [4.69, 9.17) is 9.47 Å². The molecule has 2 heterocycles. The first kappa shape index (κ1) is 13.2. The van der Waals surface area contributed by atoms with E-state index in [0.717, 1.165) is 5.56 Å². The first-order valence-electron chi connectivity index (χ1n) is 6.46. The Hall–Kier alpha value is -2.83. The maximum absolute atomic E-state index is 10.9. The number of benzene rings is 1. The summed E-state index contributed by atoms with van der Waals surface area (Å²) in [6.45, 7) is 1.48. The summed E-state index contributed by atoms with van der Waals surface area (Å²) in [5.74, 6) is 1.65. The van der Waals surface area contributed by atoms with Gasteiger partial charge >= 0.3 is 5.69 Å². The average molecular weight is 287 g/mol. The fourth-order valence-corrected chi connectivity index (χ4v) is 2.06. The number of nitro groups is 1. The molecule has 1 N–H and O–H groups in total. The molecule has 0 fully saturated rings. The van der Waals surface area contributed by atoms with Gasteiger partial charge in [0.2, 0.25) is 5.82 Å². The number of hydrogen-bond donors (Lipinski definition) is 1. The van der Waals surface area contributed by atoms with E-state index in [1.165, 1.54) is 18.3 Å². The van der Waals surface area contributed by atoms with E-state index in [1.807, 2.05) is 18.2 Å². The summed E-state index contributed by atoms with van der Waals surface area (Å²) in [6, 6.07) is 8.52. The molecule has 7 nitrogen and oxygen atoms in total. The fraction of sp³-hybridized carbons (Fsp3) is 0.214. The molecule has 3 rings (SSSR count). The van der Waals surface area contributed by atoms with Crippen LogP contribution < -0.4 is 14.8 Å². The Balaban J connectivity index is 1.75. The second kappa shape index (κ2) is 5.66. The summed E-state index contributed by atoms with van der Waals surface area (Å²) in [5, 5.41) is 13.9. The Morgan fingerprint density at radius 1 is 1.24 bits per heavy atom. The maximum atomic E-state index is 10.9. The van der Waals surface area contributed by atoms with Crippen LogP contribution in [0.1, 0.15) is 5.56 Å². The van der Waals surface area contributed by atoms with Gasteiger partial charge in [-0.1, -0.05) is 6.07 Å². The molecule has 1 aromatic heterocycles. The minimum atomic E-state index is -0.459. The zero-order valence-corrected chi connectivity index (χ0v) is 11.1. The highest BCUT2D eigenvalue weighted by molar-refractivity contribution is 5.55. The van der Waals surface area contributed by atoms with E-state index in [9.17, 15) is 10.1 Å². The highest BCUT2D eigenvalue weighted by atomic mass is 16.6. The smallest absolute Gasteiger partial charge is 0.311 e. The van der Waals surface area contributed by atoms with Crippen molar-refractivity contribution in [1.29, 1.82) is 0 Å². The normalized spacial score (nSPS) is 12.8. The molecule has 7 heteroatoms. The Labute approximate surface area is 120 Å². The second-order valence-electron chi connectivity index (χ2n) is 4.46. The molecule has 21 heavy (non-hydrogen) atoms. The van der Waals surface area contributed by atoms with Crippen molar-refractivity contribution in [3.63, 3.8) is 0 Å². The van der Waals surface area contributed by atoms with Crippen molar-refractivity contribution < 1.29 is 14.4 Å². The van der Waals surface area contributed by atoms with Crippen molar-refractivity contribution in [3.05, 3.63) is 52.2 Å². The Bertz CT molecular complexity index is 675. The molecular weight excluding hydrogens is 274 g/mol. The third-order valence-electron chi connectivity index (χ3n) is 3.05. The van der Waals surface area contributed by atoms with Gasteiger partial charge < -0.3 is 14.8 Å². The first-order valence-corrected chi connectivity index (χ1v) is 6.46. The van der Waals surface area contributed by atoms with Crippen molar-refractivity contribution in [3.8, 4) is 11.5 Å². The standard InChI is InChI=1S/C14H13N3O4/c18-17(19)11-2-1-5-15-14(11)16-9-10-3-4-12-13(8-10)21-7-6-20-12/h1-5,8H,6-7,9H2,(H,15,16). The molecule has 0 radical (unpaired) electrons. The molecule has 108 valence electrons. The average Bonchev–Trinajstić information content (AvgIpc) is 2.53. The molecule has 0 atom stereocenters. The molecule has 2 aromatic rings. The first-order chi connectivity index (χ1) is 10.2. The predicted molar refractivity (Wildman–Crippen MR) is 75.7 cm³/mol. The van der Waals surface area contributed by atoms with Gasteiger partial charge in [-0.3, -0.25) is 10.1 Å². The lowest BCUT2D eigenvalue weighted by Crippen LogP contribution is -2.15. The molecule has 1 aliphatic rings. The second-order valence-corrected chi connectivity index (χ2v) is 4.46. The number of ether oxygens (including phenoxy) is 2. The zero-order valence-electron chi connectivity index (χ0n) is 11.1. The van der Waals surface area contributed by atoms with Crippen LogP contribution in [0.25, 0.3) is 0 Å². The summed E-state index contributed by atoms with van der Waals surface area (Å²) in [5.41, 5.74) is 0.884. The van der Waals surface area contributed by atoms with E-state index in [2.05, 4.69) is 10.3 Å². The Morgan fingerprint density at radius 3 is 2.86 bits per heavy atom. The molecule has 0 unspecified atom stereocenters. The number of hydrogen-bond acceptors (Lipinski definition) is 6. The minimum Gasteiger partial charge on any atom is -0.486 e. The van der Waals surface area contributed by atoms with Crippen molar-refractivity contribution in [2.75, 3.05) is 18.5 Å². The van der Waals surface area contributed by atoms with E-state index < -0.39 is 4.92 Å². The fourth-order valence-electron chi connectivity index (χ4n) is 2.06. The third-order valence-corrected chi connectivity index (χ3v) is 3.05. The number of anilines is 1. The number of nitrogens with one attached hydrogen (secondary N) is 1. The number of fused-ring (bicyclic) bond motifs is 1. The Morgan fingerprint density at radius 2 is 2.05 bits per heavy atom. The van der Waals surface area contributed by atoms with E-state index in [-0.39, 0.29) is 11.5 Å². The van der Waals surface area contributed by atoms with E-state index in [0.29, 0.717) is 31.3 Å².